The van der Waals surface area contributed by atoms with Crippen molar-refractivity contribution >= 4 is 0 Å². The Kier molecular flexibility index (Phi) is 13.3. The number of allylic oxidation sites excluding steroid dienone is 1. The third kappa shape index (κ3) is 11.3. The number of hydrogen-bond acceptors (Lipinski definition) is 0. The molecule has 1 aromatic carbocycles. The average molecular weight is 207 g/mol. The van der Waals surface area contributed by atoms with Gasteiger partial charge in [0, 0.05) is 0 Å². The van der Waals surface area contributed by atoms with Crippen molar-refractivity contribution in [3.63, 3.8) is 0 Å². The Morgan fingerprint density at radius 1 is 1.33 bits per heavy atom. The molecule has 1 aromatic rings. The standard InChI is InChI=1S/C5H5.C3H5.Ru/c1-2-4-5-3-1;1-3-2;/h1-5H;3H,1-2H2;/q2*-1;+2. The van der Waals surface area contributed by atoms with Crippen molar-refractivity contribution in [2.45, 2.75) is 0 Å². The maximum atomic E-state index is 3.25. The molecule has 50 valence electrons. The first-order valence-electron chi connectivity index (χ1n) is 2.48. The van der Waals surface area contributed by atoms with Gasteiger partial charge in [-0.15, -0.1) is 0 Å². The molecule has 0 saturated heterocycles. The van der Waals surface area contributed by atoms with E-state index >= 15 is 0 Å². The Morgan fingerprint density at radius 2 is 1.67 bits per heavy atom. The fraction of sp³-hybridized carbons (Fsp3) is 0. The molecule has 0 heterocycles. The van der Waals surface area contributed by atoms with Crippen molar-refractivity contribution in [3.8, 4) is 0 Å². The molecule has 0 aromatic heterocycles. The summed E-state index contributed by atoms with van der Waals surface area (Å²) in [6.07, 6.45) is 1.50. The average Bonchev–Trinajstić information content (AvgIpc) is 2.17. The van der Waals surface area contributed by atoms with Crippen LogP contribution in [0, 0.1) is 6.92 Å². The van der Waals surface area contributed by atoms with Gasteiger partial charge in [-0.3, -0.25) is 0 Å². The topological polar surface area (TPSA) is 0 Å². The van der Waals surface area contributed by atoms with Crippen LogP contribution in [0.5, 0.6) is 0 Å². The van der Waals surface area contributed by atoms with Gasteiger partial charge in [0.05, 0.1) is 0 Å². The van der Waals surface area contributed by atoms with E-state index in [1.807, 2.05) is 30.3 Å². The molecule has 0 atom stereocenters. The maximum absolute atomic E-state index is 3.25. The van der Waals surface area contributed by atoms with Crippen molar-refractivity contribution in [2.75, 3.05) is 0 Å². The molecule has 0 aliphatic heterocycles. The Hall–Kier alpha value is -0.417. The van der Waals surface area contributed by atoms with Gasteiger partial charge < -0.3 is 0 Å². The minimum absolute atomic E-state index is 0. The van der Waals surface area contributed by atoms with E-state index in [9.17, 15) is 0 Å². The van der Waals surface area contributed by atoms with Gasteiger partial charge in [0.25, 0.3) is 0 Å². The van der Waals surface area contributed by atoms with E-state index in [0.717, 1.165) is 0 Å². The van der Waals surface area contributed by atoms with Gasteiger partial charge in [0.2, 0.25) is 0 Å². The molecule has 0 radical (unpaired) electrons. The smallest absolute Gasteiger partial charge is 0.245 e. The van der Waals surface area contributed by atoms with Gasteiger partial charge in [-0.25, -0.2) is 31.7 Å². The second-order valence-electron chi connectivity index (χ2n) is 1.25. The van der Waals surface area contributed by atoms with E-state index in [4.69, 9.17) is 0 Å². The number of rotatable bonds is 0. The van der Waals surface area contributed by atoms with E-state index in [2.05, 4.69) is 13.5 Å². The molecule has 0 saturated carbocycles. The Labute approximate surface area is 69.7 Å². The van der Waals surface area contributed by atoms with Gasteiger partial charge in [0.15, 0.2) is 0 Å². The van der Waals surface area contributed by atoms with Crippen LogP contribution < -0.4 is 0 Å². The van der Waals surface area contributed by atoms with E-state index in [1.54, 1.807) is 0 Å². The number of hydrogen-bond donors (Lipinski definition) is 0. The van der Waals surface area contributed by atoms with Crippen LogP contribution in [-0.4, -0.2) is 0 Å². The van der Waals surface area contributed by atoms with Crippen LogP contribution in [0.1, 0.15) is 0 Å². The third-order valence-corrected chi connectivity index (χ3v) is 0.556. The molecule has 9 heavy (non-hydrogen) atoms. The van der Waals surface area contributed by atoms with Gasteiger partial charge in [-0.05, 0) is 0 Å². The minimum Gasteiger partial charge on any atom is -0.245 e. The summed E-state index contributed by atoms with van der Waals surface area (Å²) >= 11 is 0. The summed E-state index contributed by atoms with van der Waals surface area (Å²) in [5.74, 6) is 0. The predicted octanol–water partition coefficient (Wildman–Crippen LogP) is 2.41. The zero-order chi connectivity index (χ0) is 6.24. The molecule has 0 unspecified atom stereocenters. The van der Waals surface area contributed by atoms with E-state index in [1.165, 1.54) is 6.08 Å². The monoisotopic (exact) mass is 208 g/mol. The van der Waals surface area contributed by atoms with Gasteiger partial charge in [0.1, 0.15) is 0 Å². The molecule has 0 N–H and O–H groups in total. The fourth-order valence-corrected chi connectivity index (χ4v) is 0.321. The van der Waals surface area contributed by atoms with Crippen LogP contribution in [0.3, 0.4) is 0 Å². The quantitative estimate of drug-likeness (QED) is 0.452. The summed E-state index contributed by atoms with van der Waals surface area (Å²) < 4.78 is 0. The van der Waals surface area contributed by atoms with Crippen LogP contribution in [0.15, 0.2) is 43.0 Å². The largest absolute Gasteiger partial charge is 2.00 e. The molecule has 0 aliphatic rings. The van der Waals surface area contributed by atoms with Crippen LogP contribution in [-0.2, 0) is 19.5 Å². The summed E-state index contributed by atoms with van der Waals surface area (Å²) in [5, 5.41) is 0. The molecule has 0 nitrogen and oxygen atoms in total. The molecular weight excluding hydrogens is 197 g/mol. The zero-order valence-electron chi connectivity index (χ0n) is 5.23. The molecule has 0 bridgehead atoms. The zero-order valence-corrected chi connectivity index (χ0v) is 6.97. The molecule has 1 heteroatoms. The summed E-state index contributed by atoms with van der Waals surface area (Å²) in [6, 6.07) is 10.0. The molecule has 0 spiro atoms. The van der Waals surface area contributed by atoms with Gasteiger partial charge in [-0.1, -0.05) is 0 Å². The van der Waals surface area contributed by atoms with Crippen LogP contribution in [0.2, 0.25) is 0 Å². The second-order valence-corrected chi connectivity index (χ2v) is 1.25. The summed E-state index contributed by atoms with van der Waals surface area (Å²) in [7, 11) is 0. The van der Waals surface area contributed by atoms with Crippen molar-refractivity contribution in [1.29, 1.82) is 0 Å². The van der Waals surface area contributed by atoms with Crippen molar-refractivity contribution in [3.05, 3.63) is 49.9 Å². The van der Waals surface area contributed by atoms with E-state index in [-0.39, 0.29) is 19.5 Å². The van der Waals surface area contributed by atoms with Crippen LogP contribution >= 0.6 is 0 Å². The van der Waals surface area contributed by atoms with Gasteiger partial charge >= 0.3 is 19.5 Å². The van der Waals surface area contributed by atoms with Crippen molar-refractivity contribution in [1.82, 2.24) is 0 Å². The molecular formula is C8H10Ru. The first-order chi connectivity index (χ1) is 3.91. The second kappa shape index (κ2) is 10.5. The van der Waals surface area contributed by atoms with Crippen molar-refractivity contribution in [2.24, 2.45) is 0 Å². The van der Waals surface area contributed by atoms with E-state index < -0.39 is 0 Å². The Balaban J connectivity index is 0. The summed E-state index contributed by atoms with van der Waals surface area (Å²) in [6.45, 7) is 6.50. The third-order valence-electron chi connectivity index (χ3n) is 0.556. The summed E-state index contributed by atoms with van der Waals surface area (Å²) in [4.78, 5) is 0. The van der Waals surface area contributed by atoms with E-state index in [0.29, 0.717) is 0 Å². The first kappa shape index (κ1) is 11.4. The first-order valence-corrected chi connectivity index (χ1v) is 2.48. The Bertz CT molecular complexity index is 90.9. The minimum atomic E-state index is 0. The normalized spacial score (nSPS) is 5.78. The molecule has 1 rings (SSSR count). The van der Waals surface area contributed by atoms with Gasteiger partial charge in [-0.2, -0.15) is 18.2 Å². The molecule has 0 aliphatic carbocycles. The van der Waals surface area contributed by atoms with Crippen molar-refractivity contribution < 1.29 is 19.5 Å². The molecule has 0 amide bonds. The Morgan fingerprint density at radius 3 is 1.78 bits per heavy atom. The van der Waals surface area contributed by atoms with Crippen LogP contribution in [0.4, 0.5) is 0 Å². The SMILES string of the molecule is C=C[CH2-].[Ru+2].c1cc[cH-]c1. The fourth-order valence-electron chi connectivity index (χ4n) is 0.321. The maximum Gasteiger partial charge on any atom is 2.00 e. The summed E-state index contributed by atoms with van der Waals surface area (Å²) in [5.41, 5.74) is 0. The van der Waals surface area contributed by atoms with Crippen LogP contribution in [0.25, 0.3) is 0 Å². The molecule has 0 fully saturated rings. The predicted molar refractivity (Wildman–Crippen MR) is 37.6 cm³/mol.